The number of halogens is 3. The number of hydrogen-bond acceptors (Lipinski definition) is 15. The van der Waals surface area contributed by atoms with E-state index in [1.54, 1.807) is 19.8 Å². The van der Waals surface area contributed by atoms with Crippen molar-refractivity contribution in [2.75, 3.05) is 98.2 Å². The minimum atomic E-state index is -0.430. The fraction of sp³-hybridized carbons (Fsp3) is 0.561. The van der Waals surface area contributed by atoms with Crippen molar-refractivity contribution in [3.05, 3.63) is 128 Å². The number of nitrogen functional groups attached to an aromatic ring is 1. The average molecular weight is 1140 g/mol. The van der Waals surface area contributed by atoms with Crippen LogP contribution in [-0.2, 0) is 35.1 Å². The summed E-state index contributed by atoms with van der Waals surface area (Å²) in [5, 5.41) is 39.7. The van der Waals surface area contributed by atoms with Crippen molar-refractivity contribution in [2.45, 2.75) is 89.9 Å². The lowest BCUT2D eigenvalue weighted by molar-refractivity contribution is -0.149. The average Bonchev–Trinajstić information content (AvgIpc) is 3.46. The maximum atomic E-state index is 13.2. The minimum Gasteiger partial charge on any atom is -0.467 e. The van der Waals surface area contributed by atoms with Crippen molar-refractivity contribution >= 4 is 66.6 Å². The van der Waals surface area contributed by atoms with Crippen LogP contribution in [0.2, 0.25) is 28.7 Å². The van der Waals surface area contributed by atoms with Gasteiger partial charge in [0.2, 0.25) is 5.91 Å². The van der Waals surface area contributed by atoms with Gasteiger partial charge in [-0.2, -0.15) is 0 Å². The number of methoxy groups -OCH3 is 1. The summed E-state index contributed by atoms with van der Waals surface area (Å²) in [5.41, 5.74) is 10.1. The molecule has 4 fully saturated rings. The van der Waals surface area contributed by atoms with Crippen LogP contribution in [0.4, 0.5) is 5.82 Å². The Morgan fingerprint density at radius 2 is 1.01 bits per heavy atom. The molecule has 78 heavy (non-hydrogen) atoms. The lowest BCUT2D eigenvalue weighted by Crippen LogP contribution is -2.46. The number of nitrogens with two attached hydrogens (primary N) is 1. The molecule has 0 spiro atoms. The van der Waals surface area contributed by atoms with Crippen LogP contribution in [0.3, 0.4) is 0 Å². The Morgan fingerprint density at radius 1 is 0.615 bits per heavy atom. The molecule has 1 amide bonds. The largest absolute Gasteiger partial charge is 0.467 e. The number of aliphatic hydroxyl groups is 2. The molecule has 5 heterocycles. The molecule has 0 saturated carbocycles. The highest BCUT2D eigenvalue weighted by molar-refractivity contribution is 6.45. The number of ether oxygens (including phenoxy) is 4. The number of rotatable bonds is 20. The number of pyridine rings is 1. The quantitative estimate of drug-likeness (QED) is 0.0419. The first-order chi connectivity index (χ1) is 37.6. The van der Waals surface area contributed by atoms with E-state index in [-0.39, 0.29) is 55.9 Å². The highest BCUT2D eigenvalue weighted by atomic mass is 35.5. The Balaban J connectivity index is 0.000000197. The first kappa shape index (κ1) is 63.3. The van der Waals surface area contributed by atoms with Gasteiger partial charge in [-0.25, -0.2) is 9.78 Å². The summed E-state index contributed by atoms with van der Waals surface area (Å²) in [6.45, 7) is 11.7. The Bertz CT molecular complexity index is 2360. The third-order valence-corrected chi connectivity index (χ3v) is 16.3. The monoisotopic (exact) mass is 1140 g/mol. The lowest BCUT2D eigenvalue weighted by Gasteiger charge is -2.39. The highest BCUT2D eigenvalue weighted by Gasteiger charge is 2.35. The number of amides is 1. The number of carbonyl (C=O) groups is 2. The topological polar surface area (TPSA) is 204 Å². The second kappa shape index (κ2) is 33.2. The Hall–Kier alpha value is -3.85. The summed E-state index contributed by atoms with van der Waals surface area (Å²) < 4.78 is 22.4. The number of aromatic nitrogens is 1. The van der Waals surface area contributed by atoms with E-state index < -0.39 is 14.1 Å². The molecule has 3 atom stereocenters. The maximum absolute atomic E-state index is 13.2. The molecule has 0 bridgehead atoms. The van der Waals surface area contributed by atoms with Crippen molar-refractivity contribution in [3.8, 4) is 0 Å². The Labute approximate surface area is 477 Å². The number of anilines is 1. The van der Waals surface area contributed by atoms with Crippen LogP contribution in [0.25, 0.3) is 0 Å². The summed E-state index contributed by atoms with van der Waals surface area (Å²) in [7, 11) is 0.531. The second-order valence-electron chi connectivity index (χ2n) is 20.8. The van der Waals surface area contributed by atoms with Crippen LogP contribution < -0.4 is 5.73 Å². The smallest absolute Gasteiger partial charge is 0.376 e. The van der Waals surface area contributed by atoms with Crippen LogP contribution >= 0.6 is 34.8 Å². The van der Waals surface area contributed by atoms with E-state index in [0.717, 1.165) is 133 Å². The van der Waals surface area contributed by atoms with E-state index in [0.29, 0.717) is 51.8 Å². The zero-order valence-electron chi connectivity index (χ0n) is 45.6. The summed E-state index contributed by atoms with van der Waals surface area (Å²) in [5.74, 6) is 1.56. The van der Waals surface area contributed by atoms with E-state index in [1.807, 2.05) is 94.6 Å². The van der Waals surface area contributed by atoms with Gasteiger partial charge < -0.3 is 59.5 Å². The minimum absolute atomic E-state index is 0.00529. The van der Waals surface area contributed by atoms with Gasteiger partial charge in [-0.05, 0) is 193 Å². The lowest BCUT2D eigenvalue weighted by atomic mass is 9.79. The first-order valence-electron chi connectivity index (χ1n) is 27.6. The van der Waals surface area contributed by atoms with Crippen LogP contribution in [0.15, 0.2) is 91.1 Å². The van der Waals surface area contributed by atoms with Gasteiger partial charge >= 0.3 is 20.1 Å². The number of piperidine rings is 4. The van der Waals surface area contributed by atoms with Crippen LogP contribution in [0.5, 0.6) is 0 Å². The van der Waals surface area contributed by atoms with Crippen molar-refractivity contribution in [1.82, 2.24) is 24.4 Å². The molecular formula is C57H81B2Cl3N6O10. The molecule has 8 rings (SSSR count). The third-order valence-electron chi connectivity index (χ3n) is 15.5. The van der Waals surface area contributed by atoms with Crippen LogP contribution in [0.1, 0.15) is 91.9 Å². The normalized spacial score (nSPS) is 18.7. The van der Waals surface area contributed by atoms with E-state index in [1.165, 1.54) is 7.11 Å². The molecule has 3 aromatic carbocycles. The molecule has 6 N–H and O–H groups in total. The molecule has 4 aromatic rings. The van der Waals surface area contributed by atoms with E-state index in [2.05, 4.69) is 19.4 Å². The van der Waals surface area contributed by atoms with Crippen molar-refractivity contribution < 1.29 is 48.8 Å². The number of esters is 1. The number of carbonyl (C=O) groups excluding carboxylic acids is 2. The van der Waals surface area contributed by atoms with E-state index >= 15 is 0 Å². The van der Waals surface area contributed by atoms with Gasteiger partial charge in [0, 0.05) is 46.8 Å². The predicted molar refractivity (Wildman–Crippen MR) is 309 cm³/mol. The first-order valence-corrected chi connectivity index (χ1v) is 28.7. The van der Waals surface area contributed by atoms with Gasteiger partial charge in [0.25, 0.3) is 0 Å². The number of hydrogen-bond donors (Lipinski definition) is 5. The summed E-state index contributed by atoms with van der Waals surface area (Å²) in [6.07, 6.45) is 8.79. The van der Waals surface area contributed by atoms with Gasteiger partial charge in [0.15, 0.2) is 0 Å². The van der Waals surface area contributed by atoms with E-state index in [9.17, 15) is 24.7 Å². The molecule has 4 aliphatic rings. The SMILES string of the molecule is CB(O)N1CCC(C(OCCO)c2ccc(Cl)cc2)CC1.COC(=O)COC(c1ccc(Cl)cc1)C1CCN(B(C)O)CC1.Nc1cc(CN2CCC(C(=O)N3CCC(C(OCCO)c4ccc(Cl)cc4)CC3)CC2)ccn1. The molecule has 0 aliphatic carbocycles. The fourth-order valence-corrected chi connectivity index (χ4v) is 11.5. The molecule has 0 radical (unpaired) electrons. The molecule has 16 nitrogen and oxygen atoms in total. The van der Waals surface area contributed by atoms with Gasteiger partial charge in [0.05, 0.1) is 51.8 Å². The highest BCUT2D eigenvalue weighted by Crippen LogP contribution is 2.38. The van der Waals surface area contributed by atoms with Crippen molar-refractivity contribution in [3.63, 3.8) is 0 Å². The number of benzene rings is 3. The van der Waals surface area contributed by atoms with Gasteiger partial charge in [-0.3, -0.25) is 9.69 Å². The Kier molecular flexibility index (Phi) is 26.9. The molecule has 4 aliphatic heterocycles. The predicted octanol–water partition coefficient (Wildman–Crippen LogP) is 8.12. The zero-order valence-corrected chi connectivity index (χ0v) is 47.9. The number of aliphatic hydroxyl groups excluding tert-OH is 2. The van der Waals surface area contributed by atoms with E-state index in [4.69, 9.17) is 59.9 Å². The summed E-state index contributed by atoms with van der Waals surface area (Å²) >= 11 is 18.0. The molecule has 3 unspecified atom stereocenters. The number of nitrogens with zero attached hydrogens (tertiary/aromatic N) is 5. The zero-order chi connectivity index (χ0) is 56.0. The molecule has 4 saturated heterocycles. The molecular weight excluding hydrogens is 1060 g/mol. The van der Waals surface area contributed by atoms with Crippen LogP contribution in [-0.4, -0.2) is 163 Å². The number of likely N-dealkylation sites (tertiary alicyclic amines) is 2. The standard InChI is InChI=1S/C26H35ClN4O3.C16H23BClNO4.C15H23BClNO3/c27-23-3-1-20(2-4-23)25(34-16-15-32)21-8-13-31(14-9-21)26(33)22-6-11-30(12-7-22)18-19-5-10-29-24(28)17-19;1-17(21)19-9-7-13(8-10-19)16(23-11-15(20)22-2)12-3-5-14(18)6-4-12;1-16(20)18-8-6-13(7-9-18)15(21-11-10-19)12-2-4-14(17)5-3-12/h1-5,10,17,21-22,25,32H,6-9,11-16,18H2,(H2,28,29);3-6,13,16,21H,7-11H2,1-2H3;2-5,13,15,19-20H,6-11H2,1H3. The van der Waals surface area contributed by atoms with Gasteiger partial charge in [-0.1, -0.05) is 71.2 Å². The summed E-state index contributed by atoms with van der Waals surface area (Å²) in [6, 6.07) is 26.9. The van der Waals surface area contributed by atoms with Crippen molar-refractivity contribution in [2.24, 2.45) is 23.7 Å². The summed E-state index contributed by atoms with van der Waals surface area (Å²) in [4.78, 5) is 37.2. The van der Waals surface area contributed by atoms with Gasteiger partial charge in [0.1, 0.15) is 12.4 Å². The van der Waals surface area contributed by atoms with Crippen LogP contribution in [0, 0.1) is 23.7 Å². The molecule has 426 valence electrons. The van der Waals surface area contributed by atoms with Crippen molar-refractivity contribution in [1.29, 1.82) is 0 Å². The molecule has 1 aromatic heterocycles. The second-order valence-corrected chi connectivity index (χ2v) is 22.1. The maximum Gasteiger partial charge on any atom is 0.376 e. The Morgan fingerprint density at radius 3 is 1.38 bits per heavy atom. The molecule has 21 heteroatoms. The fourth-order valence-electron chi connectivity index (χ4n) is 11.1. The third kappa shape index (κ3) is 20.0. The van der Waals surface area contributed by atoms with Gasteiger partial charge in [-0.15, -0.1) is 0 Å².